The summed E-state index contributed by atoms with van der Waals surface area (Å²) in [4.78, 5) is 6.05. The van der Waals surface area contributed by atoms with Crippen molar-refractivity contribution in [2.24, 2.45) is 16.8 Å². The molecule has 0 aromatic heterocycles. The Morgan fingerprint density at radius 3 is 2.80 bits per heavy atom. The van der Waals surface area contributed by atoms with E-state index in [2.05, 4.69) is 22.5 Å². The summed E-state index contributed by atoms with van der Waals surface area (Å²) >= 11 is 5.16. The number of rotatable bonds is 2. The molecule has 0 saturated heterocycles. The van der Waals surface area contributed by atoms with Crippen LogP contribution >= 0.6 is 12.2 Å². The Hall–Kier alpha value is -0.900. The van der Waals surface area contributed by atoms with Crippen LogP contribution in [0.3, 0.4) is 0 Å². The predicted molar refractivity (Wildman–Crippen MR) is 67.1 cm³/mol. The molecule has 3 atom stereocenters. The van der Waals surface area contributed by atoms with Gasteiger partial charge in [0.15, 0.2) is 5.11 Å². The lowest BCUT2D eigenvalue weighted by molar-refractivity contribution is 0.525. The Morgan fingerprint density at radius 2 is 2.27 bits per heavy atom. The largest absolute Gasteiger partial charge is 0.369 e. The summed E-state index contributed by atoms with van der Waals surface area (Å²) in [6.07, 6.45) is 8.87. The van der Waals surface area contributed by atoms with Gasteiger partial charge in [0.25, 0.3) is 0 Å². The Balaban J connectivity index is 1.83. The lowest BCUT2D eigenvalue weighted by Crippen LogP contribution is -2.36. The van der Waals surface area contributed by atoms with E-state index in [1.54, 1.807) is 6.34 Å². The van der Waals surface area contributed by atoms with Crippen LogP contribution in [0.25, 0.3) is 0 Å². The van der Waals surface area contributed by atoms with E-state index >= 15 is 0 Å². The standard InChI is InChI=1S/C11H17N3S/c1-14(2)7-12-11(15)13-10-6-8-3-4-9(10)5-8/h3-4,7-10H,5-6H2,1-2H3,(H,13,15)/t8-,9-,10+/m0/s1. The topological polar surface area (TPSA) is 27.6 Å². The van der Waals surface area contributed by atoms with Crippen LogP contribution in [-0.2, 0) is 0 Å². The molecule has 15 heavy (non-hydrogen) atoms. The van der Waals surface area contributed by atoms with Crippen LogP contribution in [0.5, 0.6) is 0 Å². The summed E-state index contributed by atoms with van der Waals surface area (Å²) in [6.45, 7) is 0. The van der Waals surface area contributed by atoms with Crippen molar-refractivity contribution in [2.75, 3.05) is 14.1 Å². The van der Waals surface area contributed by atoms with E-state index in [9.17, 15) is 0 Å². The van der Waals surface area contributed by atoms with E-state index in [1.165, 1.54) is 12.8 Å². The lowest BCUT2D eigenvalue weighted by atomic mass is 10.0. The van der Waals surface area contributed by atoms with Crippen molar-refractivity contribution in [2.45, 2.75) is 18.9 Å². The molecule has 4 heteroatoms. The molecule has 0 spiro atoms. The zero-order valence-electron chi connectivity index (χ0n) is 9.18. The monoisotopic (exact) mass is 223 g/mol. The lowest BCUT2D eigenvalue weighted by Gasteiger charge is -2.19. The van der Waals surface area contributed by atoms with E-state index < -0.39 is 0 Å². The Bertz CT molecular complexity index is 309. The number of hydrogen-bond donors (Lipinski definition) is 1. The second kappa shape index (κ2) is 4.31. The summed E-state index contributed by atoms with van der Waals surface area (Å²) in [5.74, 6) is 1.44. The quantitative estimate of drug-likeness (QED) is 0.332. The maximum atomic E-state index is 5.16. The minimum atomic E-state index is 0.506. The van der Waals surface area contributed by atoms with Crippen molar-refractivity contribution < 1.29 is 0 Å². The van der Waals surface area contributed by atoms with Gasteiger partial charge < -0.3 is 10.2 Å². The SMILES string of the molecule is CN(C)C=NC(=S)N[C@@H]1C[C@H]2C=C[C@H]1C2. The molecular formula is C11H17N3S. The molecule has 2 bridgehead atoms. The molecule has 0 aliphatic heterocycles. The van der Waals surface area contributed by atoms with Crippen molar-refractivity contribution >= 4 is 23.7 Å². The average molecular weight is 223 g/mol. The highest BCUT2D eigenvalue weighted by Crippen LogP contribution is 2.38. The molecule has 0 aromatic carbocycles. The zero-order valence-corrected chi connectivity index (χ0v) is 10.00. The molecule has 1 N–H and O–H groups in total. The number of allylic oxidation sites excluding steroid dienone is 1. The molecule has 2 aliphatic carbocycles. The summed E-state index contributed by atoms with van der Waals surface area (Å²) in [5, 5.41) is 3.93. The fraction of sp³-hybridized carbons (Fsp3) is 0.636. The van der Waals surface area contributed by atoms with E-state index in [-0.39, 0.29) is 0 Å². The smallest absolute Gasteiger partial charge is 0.194 e. The molecule has 0 aromatic rings. The van der Waals surface area contributed by atoms with Gasteiger partial charge in [-0.25, -0.2) is 4.99 Å². The second-order valence-corrected chi connectivity index (χ2v) is 4.93. The highest BCUT2D eigenvalue weighted by Gasteiger charge is 2.35. The van der Waals surface area contributed by atoms with Gasteiger partial charge in [0.1, 0.15) is 0 Å². The molecular weight excluding hydrogens is 206 g/mol. The number of hydrogen-bond acceptors (Lipinski definition) is 1. The first-order valence-electron chi connectivity index (χ1n) is 5.34. The van der Waals surface area contributed by atoms with Crippen LogP contribution in [-0.4, -0.2) is 36.5 Å². The van der Waals surface area contributed by atoms with E-state index in [0.29, 0.717) is 17.1 Å². The minimum absolute atomic E-state index is 0.506. The first-order valence-corrected chi connectivity index (χ1v) is 5.75. The summed E-state index contributed by atoms with van der Waals surface area (Å²) in [6, 6.07) is 0.506. The fourth-order valence-corrected chi connectivity index (χ4v) is 2.51. The third kappa shape index (κ3) is 2.56. The molecule has 82 valence electrons. The molecule has 0 amide bonds. The maximum Gasteiger partial charge on any atom is 0.194 e. The Morgan fingerprint density at radius 1 is 1.47 bits per heavy atom. The van der Waals surface area contributed by atoms with Gasteiger partial charge in [-0.05, 0) is 36.9 Å². The van der Waals surface area contributed by atoms with Gasteiger partial charge in [-0.1, -0.05) is 12.2 Å². The van der Waals surface area contributed by atoms with Crippen LogP contribution in [0.4, 0.5) is 0 Å². The third-order valence-electron chi connectivity index (χ3n) is 2.99. The van der Waals surface area contributed by atoms with Gasteiger partial charge in [-0.3, -0.25) is 0 Å². The van der Waals surface area contributed by atoms with Crippen LogP contribution in [0.15, 0.2) is 17.1 Å². The molecule has 2 rings (SSSR count). The van der Waals surface area contributed by atoms with Gasteiger partial charge in [-0.2, -0.15) is 0 Å². The maximum absolute atomic E-state index is 5.16. The molecule has 2 aliphatic rings. The molecule has 0 radical (unpaired) electrons. The van der Waals surface area contributed by atoms with Crippen molar-refractivity contribution in [1.82, 2.24) is 10.2 Å². The van der Waals surface area contributed by atoms with E-state index in [0.717, 1.165) is 5.92 Å². The van der Waals surface area contributed by atoms with Crippen molar-refractivity contribution in [3.05, 3.63) is 12.2 Å². The minimum Gasteiger partial charge on any atom is -0.369 e. The highest BCUT2D eigenvalue weighted by molar-refractivity contribution is 7.80. The zero-order chi connectivity index (χ0) is 10.8. The first kappa shape index (κ1) is 10.6. The molecule has 0 heterocycles. The van der Waals surface area contributed by atoms with Crippen molar-refractivity contribution in [3.63, 3.8) is 0 Å². The predicted octanol–water partition coefficient (Wildman–Crippen LogP) is 1.42. The van der Waals surface area contributed by atoms with Crippen LogP contribution in [0.2, 0.25) is 0 Å². The number of aliphatic imine (C=N–C) groups is 1. The van der Waals surface area contributed by atoms with Gasteiger partial charge >= 0.3 is 0 Å². The van der Waals surface area contributed by atoms with Gasteiger partial charge in [-0.15, -0.1) is 0 Å². The third-order valence-corrected chi connectivity index (χ3v) is 3.22. The average Bonchev–Trinajstić information content (AvgIpc) is 2.76. The second-order valence-electron chi connectivity index (χ2n) is 4.54. The van der Waals surface area contributed by atoms with E-state index in [1.807, 2.05) is 19.0 Å². The normalized spacial score (nSPS) is 32.5. The van der Waals surface area contributed by atoms with Crippen LogP contribution in [0.1, 0.15) is 12.8 Å². The van der Waals surface area contributed by atoms with Crippen LogP contribution in [0, 0.1) is 11.8 Å². The number of nitrogens with one attached hydrogen (secondary N) is 1. The number of nitrogens with zero attached hydrogens (tertiary/aromatic N) is 2. The Labute approximate surface area is 96.3 Å². The van der Waals surface area contributed by atoms with Crippen molar-refractivity contribution in [1.29, 1.82) is 0 Å². The van der Waals surface area contributed by atoms with Gasteiger partial charge in [0, 0.05) is 20.1 Å². The van der Waals surface area contributed by atoms with Crippen LogP contribution < -0.4 is 5.32 Å². The summed E-state index contributed by atoms with van der Waals surface area (Å²) < 4.78 is 0. The van der Waals surface area contributed by atoms with E-state index in [4.69, 9.17) is 12.2 Å². The molecule has 1 saturated carbocycles. The fourth-order valence-electron chi connectivity index (χ4n) is 2.31. The highest BCUT2D eigenvalue weighted by atomic mass is 32.1. The molecule has 1 fully saturated rings. The number of thiocarbonyl (C=S) groups is 1. The molecule has 0 unspecified atom stereocenters. The summed E-state index contributed by atoms with van der Waals surface area (Å²) in [5.41, 5.74) is 0. The van der Waals surface area contributed by atoms with Gasteiger partial charge in [0.05, 0.1) is 6.34 Å². The molecule has 3 nitrogen and oxygen atoms in total. The van der Waals surface area contributed by atoms with Crippen molar-refractivity contribution in [3.8, 4) is 0 Å². The number of fused-ring (bicyclic) bond motifs is 2. The summed E-state index contributed by atoms with van der Waals surface area (Å²) in [7, 11) is 3.87. The first-order chi connectivity index (χ1) is 7.15. The Kier molecular flexibility index (Phi) is 3.05. The van der Waals surface area contributed by atoms with Gasteiger partial charge in [0.2, 0.25) is 0 Å².